The van der Waals surface area contributed by atoms with Crippen molar-refractivity contribution in [2.24, 2.45) is 0 Å². The SMILES string of the molecule is CCCc1nc2cc(C(=O)O)ccc2n1C1CCCCC1. The van der Waals surface area contributed by atoms with Gasteiger partial charge in [-0.1, -0.05) is 26.2 Å². The molecule has 112 valence electrons. The fourth-order valence-corrected chi connectivity index (χ4v) is 3.43. The maximum absolute atomic E-state index is 11.1. The molecule has 0 bridgehead atoms. The minimum atomic E-state index is -0.888. The maximum Gasteiger partial charge on any atom is 0.335 e. The van der Waals surface area contributed by atoms with Crippen LogP contribution in [0.4, 0.5) is 0 Å². The van der Waals surface area contributed by atoms with E-state index in [-0.39, 0.29) is 0 Å². The quantitative estimate of drug-likeness (QED) is 0.916. The highest BCUT2D eigenvalue weighted by Crippen LogP contribution is 2.33. The molecule has 3 rings (SSSR count). The number of rotatable bonds is 4. The van der Waals surface area contributed by atoms with Crippen molar-refractivity contribution in [2.75, 3.05) is 0 Å². The van der Waals surface area contributed by atoms with Crippen LogP contribution in [0.25, 0.3) is 11.0 Å². The molecule has 1 fully saturated rings. The molecule has 0 saturated heterocycles. The van der Waals surface area contributed by atoms with Crippen LogP contribution in [0.1, 0.15) is 67.7 Å². The first-order chi connectivity index (χ1) is 10.2. The molecule has 1 aromatic carbocycles. The number of aromatic carboxylic acids is 1. The van der Waals surface area contributed by atoms with Gasteiger partial charge >= 0.3 is 5.97 Å². The Bertz CT molecular complexity index is 654. The maximum atomic E-state index is 11.1. The number of nitrogens with zero attached hydrogens (tertiary/aromatic N) is 2. The lowest BCUT2D eigenvalue weighted by Gasteiger charge is -2.25. The number of imidazole rings is 1. The second-order valence-corrected chi connectivity index (χ2v) is 5.95. The summed E-state index contributed by atoms with van der Waals surface area (Å²) in [5.74, 6) is 0.225. The first kappa shape index (κ1) is 14.1. The Morgan fingerprint density at radius 2 is 2.10 bits per heavy atom. The van der Waals surface area contributed by atoms with Gasteiger partial charge in [0.2, 0.25) is 0 Å². The predicted molar refractivity (Wildman–Crippen MR) is 82.8 cm³/mol. The van der Waals surface area contributed by atoms with Crippen LogP contribution in [-0.2, 0) is 6.42 Å². The minimum Gasteiger partial charge on any atom is -0.478 e. The van der Waals surface area contributed by atoms with Gasteiger partial charge in [0.25, 0.3) is 0 Å². The molecule has 0 atom stereocenters. The summed E-state index contributed by atoms with van der Waals surface area (Å²) in [6.45, 7) is 2.16. The summed E-state index contributed by atoms with van der Waals surface area (Å²) in [6.07, 6.45) is 8.32. The van der Waals surface area contributed by atoms with Crippen molar-refractivity contribution in [3.8, 4) is 0 Å². The number of fused-ring (bicyclic) bond motifs is 1. The Morgan fingerprint density at radius 1 is 1.33 bits per heavy atom. The lowest BCUT2D eigenvalue weighted by Crippen LogP contribution is -2.15. The average molecular weight is 286 g/mol. The average Bonchev–Trinajstić information content (AvgIpc) is 2.85. The molecule has 0 aliphatic heterocycles. The van der Waals surface area contributed by atoms with Crippen LogP contribution in [0, 0.1) is 0 Å². The van der Waals surface area contributed by atoms with E-state index in [1.807, 2.05) is 6.07 Å². The number of aryl methyl sites for hydroxylation is 1. The Morgan fingerprint density at radius 3 is 2.76 bits per heavy atom. The predicted octanol–water partition coefficient (Wildman–Crippen LogP) is 4.19. The third kappa shape index (κ3) is 2.67. The van der Waals surface area contributed by atoms with Crippen LogP contribution < -0.4 is 0 Å². The summed E-state index contributed by atoms with van der Waals surface area (Å²) >= 11 is 0. The topological polar surface area (TPSA) is 55.1 Å². The molecule has 1 aliphatic carbocycles. The van der Waals surface area contributed by atoms with Crippen molar-refractivity contribution >= 4 is 17.0 Å². The monoisotopic (exact) mass is 286 g/mol. The van der Waals surface area contributed by atoms with Gasteiger partial charge in [0.15, 0.2) is 0 Å². The van der Waals surface area contributed by atoms with E-state index in [4.69, 9.17) is 10.1 Å². The summed E-state index contributed by atoms with van der Waals surface area (Å²) in [5, 5.41) is 9.14. The van der Waals surface area contributed by atoms with E-state index < -0.39 is 5.97 Å². The van der Waals surface area contributed by atoms with Crippen molar-refractivity contribution in [3.63, 3.8) is 0 Å². The summed E-state index contributed by atoms with van der Waals surface area (Å²) in [4.78, 5) is 15.8. The summed E-state index contributed by atoms with van der Waals surface area (Å²) in [7, 11) is 0. The Kier molecular flexibility index (Phi) is 3.95. The van der Waals surface area contributed by atoms with Crippen LogP contribution >= 0.6 is 0 Å². The first-order valence-corrected chi connectivity index (χ1v) is 7.95. The van der Waals surface area contributed by atoms with Crippen LogP contribution in [0.15, 0.2) is 18.2 Å². The van der Waals surface area contributed by atoms with Gasteiger partial charge in [-0.2, -0.15) is 0 Å². The molecule has 1 aliphatic rings. The van der Waals surface area contributed by atoms with Gasteiger partial charge in [0, 0.05) is 12.5 Å². The molecular weight excluding hydrogens is 264 g/mol. The highest BCUT2D eigenvalue weighted by atomic mass is 16.4. The van der Waals surface area contributed by atoms with Crippen LogP contribution in [0.3, 0.4) is 0 Å². The molecular formula is C17H22N2O2. The van der Waals surface area contributed by atoms with Gasteiger partial charge in [0.05, 0.1) is 16.6 Å². The molecule has 1 heterocycles. The van der Waals surface area contributed by atoms with E-state index in [2.05, 4.69) is 11.5 Å². The van der Waals surface area contributed by atoms with Gasteiger partial charge in [-0.3, -0.25) is 0 Å². The van der Waals surface area contributed by atoms with Crippen LogP contribution in [-0.4, -0.2) is 20.6 Å². The molecule has 4 heteroatoms. The zero-order valence-electron chi connectivity index (χ0n) is 12.5. The zero-order valence-corrected chi connectivity index (χ0v) is 12.5. The molecule has 1 saturated carbocycles. The molecule has 1 aromatic heterocycles. The minimum absolute atomic E-state index is 0.318. The Balaban J connectivity index is 2.10. The molecule has 0 radical (unpaired) electrons. The fraction of sp³-hybridized carbons (Fsp3) is 0.529. The molecule has 2 aromatic rings. The summed E-state index contributed by atoms with van der Waals surface area (Å²) < 4.78 is 2.38. The second-order valence-electron chi connectivity index (χ2n) is 5.95. The van der Waals surface area contributed by atoms with E-state index in [0.29, 0.717) is 11.6 Å². The van der Waals surface area contributed by atoms with Crippen molar-refractivity contribution in [1.29, 1.82) is 0 Å². The third-order valence-corrected chi connectivity index (χ3v) is 4.42. The van der Waals surface area contributed by atoms with Crippen molar-refractivity contribution in [3.05, 3.63) is 29.6 Å². The summed E-state index contributed by atoms with van der Waals surface area (Å²) in [5.41, 5.74) is 2.23. The Labute approximate surface area is 124 Å². The lowest BCUT2D eigenvalue weighted by molar-refractivity contribution is 0.0697. The van der Waals surface area contributed by atoms with Crippen molar-refractivity contribution in [1.82, 2.24) is 9.55 Å². The van der Waals surface area contributed by atoms with Crippen molar-refractivity contribution in [2.45, 2.75) is 57.9 Å². The number of aromatic nitrogens is 2. The highest BCUT2D eigenvalue weighted by molar-refractivity contribution is 5.92. The molecule has 0 unspecified atom stereocenters. The van der Waals surface area contributed by atoms with Gasteiger partial charge in [-0.05, 0) is 37.5 Å². The van der Waals surface area contributed by atoms with E-state index >= 15 is 0 Å². The van der Waals surface area contributed by atoms with Crippen molar-refractivity contribution < 1.29 is 9.90 Å². The van der Waals surface area contributed by atoms with Crippen LogP contribution in [0.2, 0.25) is 0 Å². The number of hydrogen-bond acceptors (Lipinski definition) is 2. The van der Waals surface area contributed by atoms with Gasteiger partial charge in [0.1, 0.15) is 5.82 Å². The number of benzene rings is 1. The van der Waals surface area contributed by atoms with E-state index in [1.165, 1.54) is 32.1 Å². The summed E-state index contributed by atoms with van der Waals surface area (Å²) in [6, 6.07) is 5.86. The lowest BCUT2D eigenvalue weighted by atomic mass is 9.95. The normalized spacial score (nSPS) is 16.4. The van der Waals surface area contributed by atoms with Gasteiger partial charge in [-0.25, -0.2) is 9.78 Å². The van der Waals surface area contributed by atoms with E-state index in [1.54, 1.807) is 12.1 Å². The first-order valence-electron chi connectivity index (χ1n) is 7.95. The molecule has 1 N–H and O–H groups in total. The molecule has 0 amide bonds. The molecule has 4 nitrogen and oxygen atoms in total. The third-order valence-electron chi connectivity index (χ3n) is 4.42. The second kappa shape index (κ2) is 5.88. The largest absolute Gasteiger partial charge is 0.478 e. The van der Waals surface area contributed by atoms with E-state index in [9.17, 15) is 4.79 Å². The number of carboxylic acids is 1. The van der Waals surface area contributed by atoms with Crippen LogP contribution in [0.5, 0.6) is 0 Å². The van der Waals surface area contributed by atoms with Gasteiger partial charge < -0.3 is 9.67 Å². The standard InChI is InChI=1S/C17H22N2O2/c1-2-6-16-18-14-11-12(17(20)21)9-10-15(14)19(16)13-7-4-3-5-8-13/h9-11,13H,2-8H2,1H3,(H,20,21). The van der Waals surface area contributed by atoms with Gasteiger partial charge in [-0.15, -0.1) is 0 Å². The molecule has 21 heavy (non-hydrogen) atoms. The number of hydrogen-bond donors (Lipinski definition) is 1. The number of carboxylic acid groups (broad SMARTS) is 1. The Hall–Kier alpha value is -1.84. The smallest absolute Gasteiger partial charge is 0.335 e. The highest BCUT2D eigenvalue weighted by Gasteiger charge is 2.21. The van der Waals surface area contributed by atoms with E-state index in [0.717, 1.165) is 29.7 Å². The fourth-order valence-electron chi connectivity index (χ4n) is 3.43. The zero-order chi connectivity index (χ0) is 14.8. The number of carbonyl (C=O) groups is 1. The molecule has 0 spiro atoms.